The summed E-state index contributed by atoms with van der Waals surface area (Å²) in [5.41, 5.74) is -0.369. The minimum atomic E-state index is -1.63. The van der Waals surface area contributed by atoms with Crippen molar-refractivity contribution in [2.45, 2.75) is 10.8 Å². The van der Waals surface area contributed by atoms with Gasteiger partial charge in [-0.3, -0.25) is 0 Å². The maximum absolute atomic E-state index is 11.6. The number of aromatic nitrogens is 4. The normalized spacial score (nSPS) is 13.5. The Labute approximate surface area is 153 Å². The van der Waals surface area contributed by atoms with Crippen LogP contribution in [0.2, 0.25) is 10.3 Å². The van der Waals surface area contributed by atoms with Gasteiger partial charge in [-0.15, -0.1) is 0 Å². The van der Waals surface area contributed by atoms with Gasteiger partial charge < -0.3 is 5.11 Å². The molecule has 0 aliphatic heterocycles. The lowest BCUT2D eigenvalue weighted by Gasteiger charge is -2.29. The number of nitrogens with zero attached hydrogens (tertiary/aromatic N) is 4. The van der Waals surface area contributed by atoms with Crippen molar-refractivity contribution in [3.8, 4) is 0 Å². The predicted octanol–water partition coefficient (Wildman–Crippen LogP) is 3.58. The zero-order valence-corrected chi connectivity index (χ0v) is 14.8. The first-order valence-electron chi connectivity index (χ1n) is 6.88. The number of halogens is 2. The quantitative estimate of drug-likeness (QED) is 0.425. The Bertz CT molecular complexity index is 863. The van der Waals surface area contributed by atoms with E-state index in [0.717, 1.165) is 0 Å². The Morgan fingerprint density at radius 2 is 1.88 bits per heavy atom. The molecule has 3 aromatic rings. The summed E-state index contributed by atoms with van der Waals surface area (Å²) in [6, 6.07) is 8.32. The van der Waals surface area contributed by atoms with E-state index < -0.39 is 5.60 Å². The fourth-order valence-corrected chi connectivity index (χ4v) is 3.05. The molecule has 0 amide bonds. The van der Waals surface area contributed by atoms with Crippen LogP contribution in [0.15, 0.2) is 54.1 Å². The fourth-order valence-electron chi connectivity index (χ4n) is 2.33. The molecule has 0 aliphatic rings. The Balaban J connectivity index is 2.28. The third-order valence-corrected chi connectivity index (χ3v) is 4.57. The Kier molecular flexibility index (Phi) is 5.01. The molecule has 0 radical (unpaired) electrons. The van der Waals surface area contributed by atoms with Gasteiger partial charge in [0.05, 0.1) is 5.69 Å². The van der Waals surface area contributed by atoms with Crippen LogP contribution in [0.4, 0.5) is 0 Å². The highest BCUT2D eigenvalue weighted by molar-refractivity contribution is 7.98. The molecular formula is C16H12Cl2N4OS. The van der Waals surface area contributed by atoms with Crippen molar-refractivity contribution < 1.29 is 5.11 Å². The van der Waals surface area contributed by atoms with Gasteiger partial charge in [-0.25, -0.2) is 19.9 Å². The number of rotatable bonds is 4. The number of pyridine rings is 2. The first-order chi connectivity index (χ1) is 11.6. The van der Waals surface area contributed by atoms with Crippen LogP contribution in [-0.2, 0) is 5.60 Å². The third-order valence-electron chi connectivity index (χ3n) is 3.48. The average molecular weight is 379 g/mol. The second-order valence-corrected chi connectivity index (χ2v) is 6.37. The van der Waals surface area contributed by atoms with Gasteiger partial charge in [0.25, 0.3) is 0 Å². The molecule has 8 heteroatoms. The minimum Gasteiger partial charge on any atom is -0.374 e. The Morgan fingerprint density at radius 1 is 1.04 bits per heavy atom. The molecule has 1 N–H and O–H groups in total. The van der Waals surface area contributed by atoms with Gasteiger partial charge in [0.2, 0.25) is 0 Å². The first-order valence-corrected chi connectivity index (χ1v) is 8.86. The highest BCUT2D eigenvalue weighted by Crippen LogP contribution is 2.38. The maximum Gasteiger partial charge on any atom is 0.187 e. The van der Waals surface area contributed by atoms with Crippen LogP contribution in [0.1, 0.15) is 16.8 Å². The lowest BCUT2D eigenvalue weighted by atomic mass is 9.85. The van der Waals surface area contributed by atoms with Gasteiger partial charge in [-0.2, -0.15) is 0 Å². The van der Waals surface area contributed by atoms with Crippen molar-refractivity contribution in [3.63, 3.8) is 0 Å². The maximum atomic E-state index is 11.6. The van der Waals surface area contributed by atoms with Crippen LogP contribution in [0, 0.1) is 0 Å². The highest BCUT2D eigenvalue weighted by Gasteiger charge is 2.38. The number of hydrogen-bond acceptors (Lipinski definition) is 6. The van der Waals surface area contributed by atoms with Crippen molar-refractivity contribution >= 4 is 35.0 Å². The summed E-state index contributed by atoms with van der Waals surface area (Å²) in [6.07, 6.45) is 6.50. The summed E-state index contributed by atoms with van der Waals surface area (Å²) in [6.45, 7) is 0. The SMILES string of the molecule is CSc1nccc(C(O)(c2ccc(Cl)nc2)c2cccnc2Cl)n1. The third kappa shape index (κ3) is 3.10. The average Bonchev–Trinajstić information content (AvgIpc) is 2.62. The van der Waals surface area contributed by atoms with Crippen LogP contribution in [-0.4, -0.2) is 31.3 Å². The zero-order chi connectivity index (χ0) is 17.2. The Hall–Kier alpha value is -1.73. The molecule has 0 saturated heterocycles. The van der Waals surface area contributed by atoms with E-state index in [9.17, 15) is 5.11 Å². The van der Waals surface area contributed by atoms with Gasteiger partial charge in [-0.1, -0.05) is 47.1 Å². The van der Waals surface area contributed by atoms with Gasteiger partial charge in [0.1, 0.15) is 10.3 Å². The van der Waals surface area contributed by atoms with Gasteiger partial charge in [0, 0.05) is 29.7 Å². The van der Waals surface area contributed by atoms with Gasteiger partial charge in [0.15, 0.2) is 10.8 Å². The molecule has 0 saturated carbocycles. The largest absolute Gasteiger partial charge is 0.374 e. The van der Waals surface area contributed by atoms with Crippen molar-refractivity contribution in [2.75, 3.05) is 6.26 Å². The molecule has 0 spiro atoms. The van der Waals surface area contributed by atoms with E-state index in [4.69, 9.17) is 23.2 Å². The lowest BCUT2D eigenvalue weighted by Crippen LogP contribution is -2.31. The number of aliphatic hydroxyl groups is 1. The van der Waals surface area contributed by atoms with Gasteiger partial charge in [-0.05, 0) is 24.5 Å². The van der Waals surface area contributed by atoms with E-state index >= 15 is 0 Å². The fraction of sp³-hybridized carbons (Fsp3) is 0.125. The van der Waals surface area contributed by atoms with E-state index in [0.29, 0.717) is 27.1 Å². The smallest absolute Gasteiger partial charge is 0.187 e. The molecule has 5 nitrogen and oxygen atoms in total. The second kappa shape index (κ2) is 7.03. The van der Waals surface area contributed by atoms with Crippen molar-refractivity contribution in [1.82, 2.24) is 19.9 Å². The zero-order valence-electron chi connectivity index (χ0n) is 12.5. The predicted molar refractivity (Wildman–Crippen MR) is 94.4 cm³/mol. The topological polar surface area (TPSA) is 71.8 Å². The van der Waals surface area contributed by atoms with Crippen LogP contribution < -0.4 is 0 Å². The van der Waals surface area contributed by atoms with E-state index in [1.807, 2.05) is 6.26 Å². The summed E-state index contributed by atoms with van der Waals surface area (Å²) >= 11 is 13.5. The summed E-state index contributed by atoms with van der Waals surface area (Å²) in [7, 11) is 0. The van der Waals surface area contributed by atoms with Crippen LogP contribution in [0.25, 0.3) is 0 Å². The molecule has 1 unspecified atom stereocenters. The molecule has 3 aromatic heterocycles. The summed E-state index contributed by atoms with van der Waals surface area (Å²) in [5.74, 6) is 0. The molecule has 0 bridgehead atoms. The van der Waals surface area contributed by atoms with Crippen LogP contribution >= 0.6 is 35.0 Å². The second-order valence-electron chi connectivity index (χ2n) is 4.85. The van der Waals surface area contributed by atoms with E-state index in [1.54, 1.807) is 42.7 Å². The van der Waals surface area contributed by atoms with Gasteiger partial charge >= 0.3 is 0 Å². The van der Waals surface area contributed by atoms with Crippen LogP contribution in [0.3, 0.4) is 0 Å². The molecule has 122 valence electrons. The molecule has 0 aromatic carbocycles. The van der Waals surface area contributed by atoms with E-state index in [-0.39, 0.29) is 5.15 Å². The molecule has 3 rings (SSSR count). The molecule has 3 heterocycles. The van der Waals surface area contributed by atoms with Crippen LogP contribution in [0.5, 0.6) is 0 Å². The molecular weight excluding hydrogens is 367 g/mol. The number of hydrogen-bond donors (Lipinski definition) is 1. The highest BCUT2D eigenvalue weighted by atomic mass is 35.5. The first kappa shape index (κ1) is 17.1. The minimum absolute atomic E-state index is 0.180. The van der Waals surface area contributed by atoms with Crippen molar-refractivity contribution in [1.29, 1.82) is 0 Å². The summed E-state index contributed by atoms with van der Waals surface area (Å²) < 4.78 is 0. The van der Waals surface area contributed by atoms with Crippen molar-refractivity contribution in [2.24, 2.45) is 0 Å². The monoisotopic (exact) mass is 378 g/mol. The molecule has 24 heavy (non-hydrogen) atoms. The standard InChI is InChI=1S/C16H12Cl2N4OS/c1-24-15-20-8-6-12(22-15)16(23,10-4-5-13(17)21-9-10)11-3-2-7-19-14(11)18/h2-9,23H,1H3. The number of thioether (sulfide) groups is 1. The lowest BCUT2D eigenvalue weighted by molar-refractivity contribution is 0.119. The molecule has 1 atom stereocenters. The molecule has 0 fully saturated rings. The summed E-state index contributed by atoms with van der Waals surface area (Å²) in [4.78, 5) is 16.7. The van der Waals surface area contributed by atoms with E-state index in [1.165, 1.54) is 18.0 Å². The molecule has 0 aliphatic carbocycles. The summed E-state index contributed by atoms with van der Waals surface area (Å²) in [5, 5.41) is 12.6. The van der Waals surface area contributed by atoms with E-state index in [2.05, 4.69) is 19.9 Å². The Morgan fingerprint density at radius 3 is 2.54 bits per heavy atom. The van der Waals surface area contributed by atoms with Crippen molar-refractivity contribution in [3.05, 3.63) is 76.0 Å².